The molecule has 1 amide bonds. The lowest BCUT2D eigenvalue weighted by Gasteiger charge is -2.05. The van der Waals surface area contributed by atoms with Crippen LogP contribution in [0.5, 0.6) is 0 Å². The van der Waals surface area contributed by atoms with Crippen molar-refractivity contribution in [3.8, 4) is 5.69 Å². The normalized spacial score (nSPS) is 10.7. The monoisotopic (exact) mass is 326 g/mol. The predicted octanol–water partition coefficient (Wildman–Crippen LogP) is 3.44. The molecule has 0 unspecified atom stereocenters. The standard InChI is InChI=1S/C17H18N4OS/c1-11-10-18-17(23-11)19-16(22)9-15-12(2)20-21(13(15)3)14-7-5-4-6-8-14/h4-8,10H,9H2,1-3H3,(H,18,19,22). The highest BCUT2D eigenvalue weighted by Gasteiger charge is 2.16. The number of para-hydroxylation sites is 1. The molecule has 3 aromatic rings. The second kappa shape index (κ2) is 6.34. The number of carbonyl (C=O) groups excluding carboxylic acids is 1. The van der Waals surface area contributed by atoms with Crippen molar-refractivity contribution in [2.75, 3.05) is 5.32 Å². The molecule has 3 rings (SSSR count). The van der Waals surface area contributed by atoms with Gasteiger partial charge in [0, 0.05) is 22.3 Å². The first-order valence-electron chi connectivity index (χ1n) is 7.37. The second-order valence-corrected chi connectivity index (χ2v) is 6.63. The van der Waals surface area contributed by atoms with Gasteiger partial charge in [0.05, 0.1) is 17.8 Å². The van der Waals surface area contributed by atoms with Crippen LogP contribution in [0.15, 0.2) is 36.5 Å². The third-order valence-electron chi connectivity index (χ3n) is 3.65. The maximum absolute atomic E-state index is 12.3. The van der Waals surface area contributed by atoms with E-state index in [0.717, 1.165) is 27.5 Å². The van der Waals surface area contributed by atoms with Crippen LogP contribution in [0.4, 0.5) is 5.13 Å². The highest BCUT2D eigenvalue weighted by molar-refractivity contribution is 7.15. The number of nitrogens with one attached hydrogen (secondary N) is 1. The van der Waals surface area contributed by atoms with Crippen molar-refractivity contribution in [1.82, 2.24) is 14.8 Å². The fourth-order valence-electron chi connectivity index (χ4n) is 2.49. The average molecular weight is 326 g/mol. The summed E-state index contributed by atoms with van der Waals surface area (Å²) in [6.45, 7) is 5.89. The summed E-state index contributed by atoms with van der Waals surface area (Å²) in [6, 6.07) is 9.93. The zero-order valence-electron chi connectivity index (χ0n) is 13.3. The van der Waals surface area contributed by atoms with Gasteiger partial charge >= 0.3 is 0 Å². The number of aromatic nitrogens is 3. The van der Waals surface area contributed by atoms with Gasteiger partial charge in [-0.25, -0.2) is 9.67 Å². The Hall–Kier alpha value is -2.47. The van der Waals surface area contributed by atoms with E-state index < -0.39 is 0 Å². The molecule has 0 aliphatic carbocycles. The van der Waals surface area contributed by atoms with E-state index in [9.17, 15) is 4.79 Å². The number of hydrogen-bond donors (Lipinski definition) is 1. The molecule has 1 aromatic carbocycles. The third kappa shape index (κ3) is 3.32. The minimum atomic E-state index is -0.0711. The molecule has 0 saturated heterocycles. The molecule has 0 aliphatic heterocycles. The summed E-state index contributed by atoms with van der Waals surface area (Å²) in [6.07, 6.45) is 2.05. The van der Waals surface area contributed by atoms with Crippen LogP contribution in [-0.2, 0) is 11.2 Å². The summed E-state index contributed by atoms with van der Waals surface area (Å²) < 4.78 is 1.88. The van der Waals surface area contributed by atoms with E-state index >= 15 is 0 Å². The van der Waals surface area contributed by atoms with Crippen LogP contribution in [0.1, 0.15) is 21.8 Å². The molecule has 0 aliphatic rings. The lowest BCUT2D eigenvalue weighted by atomic mass is 10.1. The van der Waals surface area contributed by atoms with Crippen molar-refractivity contribution in [2.24, 2.45) is 0 Å². The number of benzene rings is 1. The van der Waals surface area contributed by atoms with Crippen molar-refractivity contribution in [2.45, 2.75) is 27.2 Å². The molecule has 0 bridgehead atoms. The first-order chi connectivity index (χ1) is 11.0. The summed E-state index contributed by atoms with van der Waals surface area (Å²) in [7, 11) is 0. The number of rotatable bonds is 4. The van der Waals surface area contributed by atoms with Crippen LogP contribution in [0.2, 0.25) is 0 Å². The molecular weight excluding hydrogens is 308 g/mol. The van der Waals surface area contributed by atoms with E-state index in [1.165, 1.54) is 11.3 Å². The Labute approximate surface area is 139 Å². The number of hydrogen-bond acceptors (Lipinski definition) is 4. The van der Waals surface area contributed by atoms with Gasteiger partial charge in [0.2, 0.25) is 5.91 Å². The topological polar surface area (TPSA) is 59.8 Å². The zero-order chi connectivity index (χ0) is 16.4. The number of amides is 1. The summed E-state index contributed by atoms with van der Waals surface area (Å²) >= 11 is 1.47. The molecule has 2 heterocycles. The van der Waals surface area contributed by atoms with E-state index in [1.54, 1.807) is 6.20 Å². The second-order valence-electron chi connectivity index (χ2n) is 5.40. The summed E-state index contributed by atoms with van der Waals surface area (Å²) in [5.41, 5.74) is 3.81. The van der Waals surface area contributed by atoms with Crippen LogP contribution >= 0.6 is 11.3 Å². The molecule has 0 spiro atoms. The first-order valence-corrected chi connectivity index (χ1v) is 8.19. The Morgan fingerprint density at radius 2 is 1.96 bits per heavy atom. The molecule has 1 N–H and O–H groups in total. The van der Waals surface area contributed by atoms with Crippen LogP contribution in [0.3, 0.4) is 0 Å². The molecule has 23 heavy (non-hydrogen) atoms. The highest BCUT2D eigenvalue weighted by Crippen LogP contribution is 2.20. The number of anilines is 1. The van der Waals surface area contributed by atoms with Gasteiger partial charge in [-0.2, -0.15) is 5.10 Å². The molecule has 6 heteroatoms. The fraction of sp³-hybridized carbons (Fsp3) is 0.235. The maximum Gasteiger partial charge on any atom is 0.230 e. The summed E-state index contributed by atoms with van der Waals surface area (Å²) in [5.74, 6) is -0.0711. The number of carbonyl (C=O) groups is 1. The Morgan fingerprint density at radius 1 is 1.22 bits per heavy atom. The predicted molar refractivity (Wildman–Crippen MR) is 92.2 cm³/mol. The molecule has 0 atom stereocenters. The van der Waals surface area contributed by atoms with Crippen LogP contribution in [0.25, 0.3) is 5.69 Å². The van der Waals surface area contributed by atoms with Crippen molar-refractivity contribution < 1.29 is 4.79 Å². The molecule has 0 radical (unpaired) electrons. The summed E-state index contributed by atoms with van der Waals surface area (Å²) in [4.78, 5) is 17.5. The van der Waals surface area contributed by atoms with E-state index in [2.05, 4.69) is 15.4 Å². The minimum Gasteiger partial charge on any atom is -0.302 e. The molecule has 0 fully saturated rings. The molecular formula is C17H18N4OS. The highest BCUT2D eigenvalue weighted by atomic mass is 32.1. The van der Waals surface area contributed by atoms with Gasteiger partial charge in [0.15, 0.2) is 5.13 Å². The molecule has 118 valence electrons. The van der Waals surface area contributed by atoms with Gasteiger partial charge < -0.3 is 5.32 Å². The Bertz CT molecular complexity index is 836. The quantitative estimate of drug-likeness (QED) is 0.799. The van der Waals surface area contributed by atoms with Gasteiger partial charge in [-0.1, -0.05) is 18.2 Å². The number of aryl methyl sites for hydroxylation is 2. The Kier molecular flexibility index (Phi) is 4.25. The van der Waals surface area contributed by atoms with Crippen molar-refractivity contribution in [1.29, 1.82) is 0 Å². The largest absolute Gasteiger partial charge is 0.302 e. The van der Waals surface area contributed by atoms with Crippen LogP contribution in [0, 0.1) is 20.8 Å². The van der Waals surface area contributed by atoms with Crippen molar-refractivity contribution in [3.63, 3.8) is 0 Å². The lowest BCUT2D eigenvalue weighted by molar-refractivity contribution is -0.115. The Balaban J connectivity index is 1.80. The lowest BCUT2D eigenvalue weighted by Crippen LogP contribution is -2.15. The van der Waals surface area contributed by atoms with Gasteiger partial charge in [0.25, 0.3) is 0 Å². The number of thiazole rings is 1. The van der Waals surface area contributed by atoms with Crippen molar-refractivity contribution >= 4 is 22.4 Å². The van der Waals surface area contributed by atoms with E-state index in [4.69, 9.17) is 0 Å². The smallest absolute Gasteiger partial charge is 0.230 e. The minimum absolute atomic E-state index is 0.0711. The third-order valence-corrected chi connectivity index (χ3v) is 4.48. The Morgan fingerprint density at radius 3 is 2.61 bits per heavy atom. The first kappa shape index (κ1) is 15.4. The fourth-order valence-corrected chi connectivity index (χ4v) is 3.17. The molecule has 2 aromatic heterocycles. The number of nitrogens with zero attached hydrogens (tertiary/aromatic N) is 3. The van der Waals surface area contributed by atoms with E-state index in [0.29, 0.717) is 11.6 Å². The van der Waals surface area contributed by atoms with Gasteiger partial charge in [0.1, 0.15) is 0 Å². The molecule has 0 saturated carbocycles. The van der Waals surface area contributed by atoms with Gasteiger partial charge in [-0.3, -0.25) is 4.79 Å². The molecule has 5 nitrogen and oxygen atoms in total. The average Bonchev–Trinajstić information content (AvgIpc) is 3.06. The van der Waals surface area contributed by atoms with Crippen LogP contribution < -0.4 is 5.32 Å². The van der Waals surface area contributed by atoms with Gasteiger partial charge in [-0.15, -0.1) is 11.3 Å². The van der Waals surface area contributed by atoms with Gasteiger partial charge in [-0.05, 0) is 32.9 Å². The van der Waals surface area contributed by atoms with E-state index in [1.807, 2.05) is 55.8 Å². The van der Waals surface area contributed by atoms with Crippen molar-refractivity contribution in [3.05, 3.63) is 58.4 Å². The zero-order valence-corrected chi connectivity index (χ0v) is 14.1. The summed E-state index contributed by atoms with van der Waals surface area (Å²) in [5, 5.41) is 8.05. The van der Waals surface area contributed by atoms with Crippen LogP contribution in [-0.4, -0.2) is 20.7 Å². The van der Waals surface area contributed by atoms with E-state index in [-0.39, 0.29) is 5.91 Å². The SMILES string of the molecule is Cc1cnc(NC(=O)Cc2c(C)nn(-c3ccccc3)c2C)s1. The maximum atomic E-state index is 12.3.